The minimum atomic E-state index is 0.670. The Morgan fingerprint density at radius 3 is 3.00 bits per heavy atom. The summed E-state index contributed by atoms with van der Waals surface area (Å²) < 4.78 is 2.95. The summed E-state index contributed by atoms with van der Waals surface area (Å²) >= 11 is 3.43. The number of hydrogen-bond donors (Lipinski definition) is 0. The van der Waals surface area contributed by atoms with Crippen LogP contribution in [0.3, 0.4) is 0 Å². The zero-order valence-electron chi connectivity index (χ0n) is 10.4. The van der Waals surface area contributed by atoms with Crippen LogP contribution in [0.1, 0.15) is 5.82 Å². The highest BCUT2D eigenvalue weighted by Crippen LogP contribution is 2.18. The van der Waals surface area contributed by atoms with Crippen LogP contribution in [-0.4, -0.2) is 26.6 Å². The molecule has 0 fully saturated rings. The third-order valence-electron chi connectivity index (χ3n) is 2.89. The maximum atomic E-state index is 4.22. The van der Waals surface area contributed by atoms with E-state index in [1.165, 1.54) is 0 Å². The zero-order valence-corrected chi connectivity index (χ0v) is 11.9. The van der Waals surface area contributed by atoms with E-state index in [2.05, 4.69) is 36.0 Å². The monoisotopic (exact) mass is 317 g/mol. The lowest BCUT2D eigenvalue weighted by Gasteiger charge is -2.17. The highest BCUT2D eigenvalue weighted by molar-refractivity contribution is 9.10. The SMILES string of the molecule is CN(Cc1nnc2ccccn12)c1cncc(Br)c1. The molecule has 0 N–H and O–H groups in total. The second-order valence-corrected chi connectivity index (χ2v) is 5.18. The summed E-state index contributed by atoms with van der Waals surface area (Å²) in [5, 5.41) is 8.37. The van der Waals surface area contributed by atoms with E-state index in [0.29, 0.717) is 6.54 Å². The predicted octanol–water partition coefficient (Wildman–Crippen LogP) is 2.52. The highest BCUT2D eigenvalue weighted by Gasteiger charge is 2.09. The van der Waals surface area contributed by atoms with Gasteiger partial charge in [-0.2, -0.15) is 0 Å². The molecule has 0 spiro atoms. The van der Waals surface area contributed by atoms with Crippen LogP contribution in [0.25, 0.3) is 5.65 Å². The highest BCUT2D eigenvalue weighted by atomic mass is 79.9. The summed E-state index contributed by atoms with van der Waals surface area (Å²) in [5.74, 6) is 0.901. The summed E-state index contributed by atoms with van der Waals surface area (Å²) in [5.41, 5.74) is 1.89. The molecule has 0 saturated heterocycles. The molecule has 3 aromatic heterocycles. The molecule has 3 rings (SSSR count). The Balaban J connectivity index is 1.89. The van der Waals surface area contributed by atoms with E-state index in [1.54, 1.807) is 6.20 Å². The van der Waals surface area contributed by atoms with Crippen LogP contribution >= 0.6 is 15.9 Å². The van der Waals surface area contributed by atoms with Gasteiger partial charge in [-0.05, 0) is 34.1 Å². The summed E-state index contributed by atoms with van der Waals surface area (Å²) in [6.07, 6.45) is 5.56. The van der Waals surface area contributed by atoms with E-state index in [4.69, 9.17) is 0 Å². The molecule has 0 aliphatic rings. The first kappa shape index (κ1) is 12.1. The Bertz CT molecular complexity index is 709. The molecule has 3 heterocycles. The normalized spacial score (nSPS) is 10.8. The van der Waals surface area contributed by atoms with Crippen molar-refractivity contribution in [2.24, 2.45) is 0 Å². The fraction of sp³-hybridized carbons (Fsp3) is 0.154. The van der Waals surface area contributed by atoms with Crippen LogP contribution in [0.2, 0.25) is 0 Å². The van der Waals surface area contributed by atoms with Gasteiger partial charge >= 0.3 is 0 Å². The van der Waals surface area contributed by atoms with Gasteiger partial charge in [0.05, 0.1) is 18.4 Å². The maximum absolute atomic E-state index is 4.22. The molecule has 96 valence electrons. The van der Waals surface area contributed by atoms with Gasteiger partial charge in [-0.1, -0.05) is 6.07 Å². The van der Waals surface area contributed by atoms with E-state index in [-0.39, 0.29) is 0 Å². The Morgan fingerprint density at radius 1 is 1.26 bits per heavy atom. The van der Waals surface area contributed by atoms with Crippen molar-refractivity contribution >= 4 is 27.3 Å². The molecule has 0 bridgehead atoms. The van der Waals surface area contributed by atoms with Gasteiger partial charge in [0.2, 0.25) is 0 Å². The standard InChI is InChI=1S/C13H12BrN5/c1-18(11-6-10(14)7-15-8-11)9-13-17-16-12-4-2-3-5-19(12)13/h2-8H,9H2,1H3. The number of halogens is 1. The summed E-state index contributed by atoms with van der Waals surface area (Å²) in [6, 6.07) is 7.89. The van der Waals surface area contributed by atoms with Crippen molar-refractivity contribution in [2.45, 2.75) is 6.54 Å². The van der Waals surface area contributed by atoms with Gasteiger partial charge < -0.3 is 4.90 Å². The van der Waals surface area contributed by atoms with Gasteiger partial charge in [0, 0.05) is 23.9 Å². The molecule has 0 saturated carbocycles. The van der Waals surface area contributed by atoms with Crippen LogP contribution in [0.5, 0.6) is 0 Å². The number of fused-ring (bicyclic) bond motifs is 1. The fourth-order valence-corrected chi connectivity index (χ4v) is 2.26. The smallest absolute Gasteiger partial charge is 0.160 e. The molecule has 0 unspecified atom stereocenters. The van der Waals surface area contributed by atoms with Crippen LogP contribution in [0.15, 0.2) is 47.3 Å². The Hall–Kier alpha value is -1.95. The average Bonchev–Trinajstić information content (AvgIpc) is 2.82. The van der Waals surface area contributed by atoms with Crippen LogP contribution in [0.4, 0.5) is 5.69 Å². The largest absolute Gasteiger partial charge is 0.366 e. The lowest BCUT2D eigenvalue weighted by molar-refractivity contribution is 0.819. The van der Waals surface area contributed by atoms with Crippen molar-refractivity contribution in [3.05, 3.63) is 53.2 Å². The molecule has 5 nitrogen and oxygen atoms in total. The van der Waals surface area contributed by atoms with Crippen molar-refractivity contribution in [1.29, 1.82) is 0 Å². The lowest BCUT2D eigenvalue weighted by atomic mass is 10.3. The fourth-order valence-electron chi connectivity index (χ4n) is 1.91. The minimum Gasteiger partial charge on any atom is -0.366 e. The third kappa shape index (κ3) is 2.44. The van der Waals surface area contributed by atoms with Gasteiger partial charge in [-0.3, -0.25) is 9.38 Å². The molecule has 19 heavy (non-hydrogen) atoms. The van der Waals surface area contributed by atoms with Gasteiger partial charge in [0.1, 0.15) is 0 Å². The Kier molecular flexibility index (Phi) is 3.16. The van der Waals surface area contributed by atoms with Crippen molar-refractivity contribution in [2.75, 3.05) is 11.9 Å². The number of pyridine rings is 2. The molecule has 0 aromatic carbocycles. The first-order valence-electron chi connectivity index (χ1n) is 5.84. The number of hydrogen-bond acceptors (Lipinski definition) is 4. The first-order valence-corrected chi connectivity index (χ1v) is 6.63. The molecule has 0 atom stereocenters. The van der Waals surface area contributed by atoms with E-state index in [1.807, 2.05) is 48.1 Å². The van der Waals surface area contributed by atoms with Crippen molar-refractivity contribution in [3.8, 4) is 0 Å². The van der Waals surface area contributed by atoms with Crippen LogP contribution < -0.4 is 4.90 Å². The first-order chi connectivity index (χ1) is 9.24. The Morgan fingerprint density at radius 2 is 2.16 bits per heavy atom. The Labute approximate surface area is 119 Å². The zero-order chi connectivity index (χ0) is 13.2. The van der Waals surface area contributed by atoms with Gasteiger partial charge in [0.15, 0.2) is 11.5 Å². The molecular weight excluding hydrogens is 306 g/mol. The topological polar surface area (TPSA) is 46.3 Å². The van der Waals surface area contributed by atoms with Crippen molar-refractivity contribution in [3.63, 3.8) is 0 Å². The molecule has 6 heteroatoms. The minimum absolute atomic E-state index is 0.670. The molecular formula is C13H12BrN5. The van der Waals surface area contributed by atoms with Gasteiger partial charge in [-0.25, -0.2) is 0 Å². The number of rotatable bonds is 3. The summed E-state index contributed by atoms with van der Waals surface area (Å²) in [6.45, 7) is 0.670. The number of anilines is 1. The second-order valence-electron chi connectivity index (χ2n) is 4.26. The lowest BCUT2D eigenvalue weighted by Crippen LogP contribution is -2.18. The molecule has 0 amide bonds. The van der Waals surface area contributed by atoms with E-state index in [9.17, 15) is 0 Å². The summed E-state index contributed by atoms with van der Waals surface area (Å²) in [7, 11) is 2.01. The second kappa shape index (κ2) is 4.97. The maximum Gasteiger partial charge on any atom is 0.160 e. The molecule has 0 radical (unpaired) electrons. The van der Waals surface area contributed by atoms with Gasteiger partial charge in [0.25, 0.3) is 0 Å². The van der Waals surface area contributed by atoms with E-state index >= 15 is 0 Å². The molecule has 0 aliphatic heterocycles. The van der Waals surface area contributed by atoms with Crippen LogP contribution in [0, 0.1) is 0 Å². The number of aromatic nitrogens is 4. The molecule has 0 aliphatic carbocycles. The van der Waals surface area contributed by atoms with E-state index < -0.39 is 0 Å². The van der Waals surface area contributed by atoms with E-state index in [0.717, 1.165) is 21.6 Å². The van der Waals surface area contributed by atoms with Crippen LogP contribution in [-0.2, 0) is 6.54 Å². The van der Waals surface area contributed by atoms with Gasteiger partial charge in [-0.15, -0.1) is 10.2 Å². The summed E-state index contributed by atoms with van der Waals surface area (Å²) in [4.78, 5) is 6.25. The predicted molar refractivity (Wildman–Crippen MR) is 77.0 cm³/mol. The number of nitrogens with zero attached hydrogens (tertiary/aromatic N) is 5. The quantitative estimate of drug-likeness (QED) is 0.744. The van der Waals surface area contributed by atoms with Crippen molar-refractivity contribution < 1.29 is 0 Å². The molecule has 3 aromatic rings. The average molecular weight is 318 g/mol. The van der Waals surface area contributed by atoms with Crippen molar-refractivity contribution in [1.82, 2.24) is 19.6 Å². The third-order valence-corrected chi connectivity index (χ3v) is 3.33.